The molecule has 1 aromatic rings. The lowest BCUT2D eigenvalue weighted by atomic mass is 10.1. The molecule has 0 aromatic heterocycles. The molecule has 1 unspecified atom stereocenters. The zero-order valence-electron chi connectivity index (χ0n) is 11.1. The quantitative estimate of drug-likeness (QED) is 0.859. The Balaban J connectivity index is 1.93. The second-order valence-electron chi connectivity index (χ2n) is 4.83. The molecule has 1 aliphatic heterocycles. The fraction of sp³-hybridized carbons (Fsp3) is 0.400. The van der Waals surface area contributed by atoms with Gasteiger partial charge in [0.05, 0.1) is 0 Å². The number of thioether (sulfide) groups is 1. The first kappa shape index (κ1) is 14.2. The maximum Gasteiger partial charge on any atom is 0.328 e. The number of aliphatic carboxylic acids is 1. The fourth-order valence-electron chi connectivity index (χ4n) is 2.19. The van der Waals surface area contributed by atoms with Gasteiger partial charge in [-0.2, -0.15) is 11.8 Å². The van der Waals surface area contributed by atoms with Gasteiger partial charge in [0.25, 0.3) is 0 Å². The summed E-state index contributed by atoms with van der Waals surface area (Å²) in [6.45, 7) is 5.55. The molecule has 1 saturated heterocycles. The van der Waals surface area contributed by atoms with Crippen molar-refractivity contribution in [2.45, 2.75) is 18.7 Å². The van der Waals surface area contributed by atoms with Crippen LogP contribution in [-0.4, -0.2) is 40.1 Å². The van der Waals surface area contributed by atoms with Crippen LogP contribution in [0.3, 0.4) is 0 Å². The average Bonchev–Trinajstić information content (AvgIpc) is 2.38. The maximum atomic E-state index is 10.4. The summed E-state index contributed by atoms with van der Waals surface area (Å²) >= 11 is 2.04. The van der Waals surface area contributed by atoms with Crippen LogP contribution in [0.2, 0.25) is 0 Å². The second kappa shape index (κ2) is 6.78. The van der Waals surface area contributed by atoms with Crippen molar-refractivity contribution in [3.63, 3.8) is 0 Å². The summed E-state index contributed by atoms with van der Waals surface area (Å²) in [6, 6.07) is 8.09. The van der Waals surface area contributed by atoms with Crippen LogP contribution < -0.4 is 0 Å². The Morgan fingerprint density at radius 3 is 2.84 bits per heavy atom. The predicted molar refractivity (Wildman–Crippen MR) is 80.3 cm³/mol. The van der Waals surface area contributed by atoms with Crippen LogP contribution in [0.5, 0.6) is 0 Å². The molecule has 0 aliphatic carbocycles. The van der Waals surface area contributed by atoms with Gasteiger partial charge in [0.2, 0.25) is 0 Å². The van der Waals surface area contributed by atoms with Gasteiger partial charge in [-0.05, 0) is 17.2 Å². The number of hydrogen-bond donors (Lipinski definition) is 1. The Morgan fingerprint density at radius 1 is 1.47 bits per heavy atom. The van der Waals surface area contributed by atoms with Gasteiger partial charge in [0.1, 0.15) is 0 Å². The monoisotopic (exact) mass is 277 g/mol. The number of rotatable bonds is 4. The van der Waals surface area contributed by atoms with Crippen molar-refractivity contribution in [1.82, 2.24) is 4.90 Å². The third-order valence-corrected chi connectivity index (χ3v) is 4.27. The number of carboxylic acids is 1. The van der Waals surface area contributed by atoms with Gasteiger partial charge in [-0.1, -0.05) is 31.2 Å². The largest absolute Gasteiger partial charge is 0.478 e. The van der Waals surface area contributed by atoms with Gasteiger partial charge >= 0.3 is 5.97 Å². The summed E-state index contributed by atoms with van der Waals surface area (Å²) in [5.74, 6) is 0.296. The Labute approximate surface area is 118 Å². The van der Waals surface area contributed by atoms with Crippen LogP contribution in [0.15, 0.2) is 30.3 Å². The molecule has 0 bridgehead atoms. The number of nitrogens with zero attached hydrogens (tertiary/aromatic N) is 1. The molecule has 1 atom stereocenters. The lowest BCUT2D eigenvalue weighted by Gasteiger charge is -2.30. The SMILES string of the molecule is CC1CN(Cc2ccc(/C=C/C(=O)O)cc2)CCS1. The molecule has 0 saturated carbocycles. The van der Waals surface area contributed by atoms with Crippen molar-refractivity contribution in [1.29, 1.82) is 0 Å². The molecular weight excluding hydrogens is 258 g/mol. The van der Waals surface area contributed by atoms with Crippen LogP contribution in [0.25, 0.3) is 6.08 Å². The van der Waals surface area contributed by atoms with Crippen LogP contribution in [0.1, 0.15) is 18.1 Å². The van der Waals surface area contributed by atoms with Crippen LogP contribution in [-0.2, 0) is 11.3 Å². The summed E-state index contributed by atoms with van der Waals surface area (Å²) < 4.78 is 0. The molecule has 1 heterocycles. The van der Waals surface area contributed by atoms with Gasteiger partial charge in [0.15, 0.2) is 0 Å². The third-order valence-electron chi connectivity index (χ3n) is 3.13. The lowest BCUT2D eigenvalue weighted by Crippen LogP contribution is -2.35. The zero-order valence-corrected chi connectivity index (χ0v) is 11.9. The smallest absolute Gasteiger partial charge is 0.328 e. The van der Waals surface area contributed by atoms with E-state index in [4.69, 9.17) is 5.11 Å². The highest BCUT2D eigenvalue weighted by Crippen LogP contribution is 2.19. The first-order valence-electron chi connectivity index (χ1n) is 6.47. The van der Waals surface area contributed by atoms with E-state index in [1.807, 2.05) is 23.9 Å². The standard InChI is InChI=1S/C15H19NO2S/c1-12-10-16(8-9-19-12)11-14-4-2-13(3-5-14)6-7-15(17)18/h2-7,12H,8-11H2,1H3,(H,17,18)/b7-6+. The minimum atomic E-state index is -0.913. The molecule has 1 aliphatic rings. The lowest BCUT2D eigenvalue weighted by molar-refractivity contribution is -0.131. The van der Waals surface area contributed by atoms with Gasteiger partial charge in [0, 0.05) is 36.7 Å². The minimum absolute atomic E-state index is 0.714. The van der Waals surface area contributed by atoms with E-state index in [0.717, 1.165) is 25.2 Å². The highest BCUT2D eigenvalue weighted by atomic mass is 32.2. The highest BCUT2D eigenvalue weighted by molar-refractivity contribution is 7.99. The van der Waals surface area contributed by atoms with Crippen molar-refractivity contribution in [3.8, 4) is 0 Å². The summed E-state index contributed by atoms with van der Waals surface area (Å²) in [5, 5.41) is 9.29. The Bertz CT molecular complexity index is 456. The first-order chi connectivity index (χ1) is 9.13. The van der Waals surface area contributed by atoms with Crippen LogP contribution in [0, 0.1) is 0 Å². The summed E-state index contributed by atoms with van der Waals surface area (Å²) in [7, 11) is 0. The molecular formula is C15H19NO2S. The Morgan fingerprint density at radius 2 is 2.21 bits per heavy atom. The topological polar surface area (TPSA) is 40.5 Å². The molecule has 1 fully saturated rings. The van der Waals surface area contributed by atoms with E-state index in [0.29, 0.717) is 5.25 Å². The fourth-order valence-corrected chi connectivity index (χ4v) is 3.28. The van der Waals surface area contributed by atoms with Gasteiger partial charge in [-0.25, -0.2) is 4.79 Å². The second-order valence-corrected chi connectivity index (χ2v) is 6.38. The number of carbonyl (C=O) groups is 1. The van der Waals surface area contributed by atoms with E-state index in [9.17, 15) is 4.79 Å². The molecule has 1 N–H and O–H groups in total. The molecule has 4 heteroatoms. The number of benzene rings is 1. The van der Waals surface area contributed by atoms with E-state index in [1.54, 1.807) is 6.08 Å². The normalized spacial score (nSPS) is 20.8. The van der Waals surface area contributed by atoms with Crippen LogP contribution >= 0.6 is 11.8 Å². The van der Waals surface area contributed by atoms with Gasteiger partial charge in [-0.15, -0.1) is 0 Å². The van der Waals surface area contributed by atoms with E-state index < -0.39 is 5.97 Å². The molecule has 19 heavy (non-hydrogen) atoms. The van der Waals surface area contributed by atoms with Crippen molar-refractivity contribution in [2.75, 3.05) is 18.8 Å². The highest BCUT2D eigenvalue weighted by Gasteiger charge is 2.16. The molecule has 1 aromatic carbocycles. The predicted octanol–water partition coefficient (Wildman–Crippen LogP) is 2.72. The van der Waals surface area contributed by atoms with Crippen molar-refractivity contribution >= 4 is 23.8 Å². The minimum Gasteiger partial charge on any atom is -0.478 e. The van der Waals surface area contributed by atoms with Gasteiger partial charge < -0.3 is 5.11 Å². The number of hydrogen-bond acceptors (Lipinski definition) is 3. The van der Waals surface area contributed by atoms with E-state index in [2.05, 4.69) is 24.0 Å². The molecule has 102 valence electrons. The van der Waals surface area contributed by atoms with Crippen molar-refractivity contribution in [2.24, 2.45) is 0 Å². The summed E-state index contributed by atoms with van der Waals surface area (Å²) in [5.41, 5.74) is 2.21. The van der Waals surface area contributed by atoms with Crippen LogP contribution in [0.4, 0.5) is 0 Å². The van der Waals surface area contributed by atoms with Crippen molar-refractivity contribution < 1.29 is 9.90 Å². The third kappa shape index (κ3) is 4.73. The molecule has 3 nitrogen and oxygen atoms in total. The maximum absolute atomic E-state index is 10.4. The summed E-state index contributed by atoms with van der Waals surface area (Å²) in [4.78, 5) is 12.9. The molecule has 0 radical (unpaired) electrons. The van der Waals surface area contributed by atoms with E-state index in [-0.39, 0.29) is 0 Å². The Kier molecular flexibility index (Phi) is 5.05. The zero-order chi connectivity index (χ0) is 13.7. The average molecular weight is 277 g/mol. The first-order valence-corrected chi connectivity index (χ1v) is 7.52. The Hall–Kier alpha value is -1.26. The summed E-state index contributed by atoms with van der Waals surface area (Å²) in [6.07, 6.45) is 2.78. The number of carboxylic acid groups (broad SMARTS) is 1. The van der Waals surface area contributed by atoms with Gasteiger partial charge in [-0.3, -0.25) is 4.90 Å². The van der Waals surface area contributed by atoms with E-state index in [1.165, 1.54) is 17.4 Å². The van der Waals surface area contributed by atoms with Crippen molar-refractivity contribution in [3.05, 3.63) is 41.5 Å². The van der Waals surface area contributed by atoms with E-state index >= 15 is 0 Å². The molecule has 0 amide bonds. The molecule has 0 spiro atoms. The molecule has 2 rings (SSSR count).